The lowest BCUT2D eigenvalue weighted by atomic mass is 10.1. The summed E-state index contributed by atoms with van der Waals surface area (Å²) in [6.45, 7) is 1.79. The average molecular weight is 526 g/mol. The number of fused-ring (bicyclic) bond motifs is 1. The van der Waals surface area contributed by atoms with E-state index in [2.05, 4.69) is 15.9 Å². The molecule has 0 aliphatic rings. The molecule has 0 spiro atoms. The quantitative estimate of drug-likeness (QED) is 0.245. The summed E-state index contributed by atoms with van der Waals surface area (Å²) in [5.74, 6) is -0.379. The van der Waals surface area contributed by atoms with E-state index in [4.69, 9.17) is 9.47 Å². The van der Waals surface area contributed by atoms with E-state index in [0.717, 1.165) is 10.4 Å². The molecule has 0 bridgehead atoms. The minimum atomic E-state index is -0.753. The predicted octanol–water partition coefficient (Wildman–Crippen LogP) is 5.50. The molecule has 33 heavy (non-hydrogen) atoms. The Bertz CT molecular complexity index is 1390. The van der Waals surface area contributed by atoms with Crippen molar-refractivity contribution in [3.05, 3.63) is 87.7 Å². The van der Waals surface area contributed by atoms with Gasteiger partial charge in [-0.2, -0.15) is 0 Å². The first-order chi connectivity index (χ1) is 16.0. The molecule has 0 fully saturated rings. The van der Waals surface area contributed by atoms with Crippen molar-refractivity contribution >= 4 is 49.4 Å². The van der Waals surface area contributed by atoms with Gasteiger partial charge in [0.05, 0.1) is 19.1 Å². The van der Waals surface area contributed by atoms with Crippen LogP contribution in [-0.2, 0) is 10.1 Å². The van der Waals surface area contributed by atoms with Crippen molar-refractivity contribution in [3.63, 3.8) is 0 Å². The Morgan fingerprint density at radius 3 is 2.36 bits per heavy atom. The molecule has 2 heterocycles. The van der Waals surface area contributed by atoms with Crippen LogP contribution in [0.2, 0.25) is 0 Å². The number of benzene rings is 2. The first-order valence-corrected chi connectivity index (χ1v) is 12.1. The van der Waals surface area contributed by atoms with Crippen molar-refractivity contribution in [2.75, 3.05) is 13.7 Å². The first-order valence-electron chi connectivity index (χ1n) is 10.2. The molecule has 8 heteroatoms. The molecular weight excluding hydrogens is 506 g/mol. The third-order valence-electron chi connectivity index (χ3n) is 5.16. The van der Waals surface area contributed by atoms with Crippen LogP contribution in [0, 0.1) is 0 Å². The van der Waals surface area contributed by atoms with Gasteiger partial charge in [-0.25, -0.2) is 4.79 Å². The molecule has 0 saturated heterocycles. The fourth-order valence-corrected chi connectivity index (χ4v) is 5.61. The lowest BCUT2D eigenvalue weighted by Crippen LogP contribution is -2.23. The largest absolute Gasteiger partial charge is 0.497 e. The zero-order valence-corrected chi connectivity index (χ0v) is 20.4. The molecule has 0 aliphatic carbocycles. The van der Waals surface area contributed by atoms with Gasteiger partial charge in [-0.1, -0.05) is 34.1 Å². The first kappa shape index (κ1) is 22.9. The molecule has 0 amide bonds. The zero-order chi connectivity index (χ0) is 23.5. The summed E-state index contributed by atoms with van der Waals surface area (Å²) in [5.41, 5.74) is 1.41. The van der Waals surface area contributed by atoms with Crippen LogP contribution < -0.4 is 10.2 Å². The van der Waals surface area contributed by atoms with Crippen molar-refractivity contribution in [1.29, 1.82) is 0 Å². The Morgan fingerprint density at radius 1 is 1.06 bits per heavy atom. The SMILES string of the molecule is CCOC(=O)c1cn(C(=O)c2ccccc2)c2sc(-c3ccc(OC)cc3)c(CBr)c2c1=O. The maximum absolute atomic E-state index is 13.4. The summed E-state index contributed by atoms with van der Waals surface area (Å²) in [7, 11) is 1.59. The third kappa shape index (κ3) is 4.24. The highest BCUT2D eigenvalue weighted by atomic mass is 79.9. The minimum absolute atomic E-state index is 0.120. The van der Waals surface area contributed by atoms with Crippen LogP contribution in [0.25, 0.3) is 20.7 Å². The molecular formula is C25H20BrNO5S. The molecule has 4 rings (SSSR count). The summed E-state index contributed by atoms with van der Waals surface area (Å²) in [4.78, 5) is 40.7. The summed E-state index contributed by atoms with van der Waals surface area (Å²) < 4.78 is 11.7. The van der Waals surface area contributed by atoms with Crippen LogP contribution >= 0.6 is 27.3 Å². The molecule has 2 aromatic heterocycles. The number of halogens is 1. The number of thiophene rings is 1. The molecule has 0 atom stereocenters. The van der Waals surface area contributed by atoms with Crippen molar-refractivity contribution in [2.45, 2.75) is 12.3 Å². The van der Waals surface area contributed by atoms with Gasteiger partial charge >= 0.3 is 5.97 Å². The predicted molar refractivity (Wildman–Crippen MR) is 133 cm³/mol. The van der Waals surface area contributed by atoms with Crippen LogP contribution in [0.4, 0.5) is 0 Å². The molecule has 0 unspecified atom stereocenters. The number of aromatic nitrogens is 1. The number of alkyl halides is 1. The van der Waals surface area contributed by atoms with Crippen LogP contribution in [0.15, 0.2) is 65.6 Å². The lowest BCUT2D eigenvalue weighted by molar-refractivity contribution is 0.0524. The van der Waals surface area contributed by atoms with Gasteiger partial charge in [-0.3, -0.25) is 14.2 Å². The number of rotatable bonds is 6. The highest BCUT2D eigenvalue weighted by Crippen LogP contribution is 2.39. The second-order valence-electron chi connectivity index (χ2n) is 7.09. The number of hydrogen-bond donors (Lipinski definition) is 0. The normalized spacial score (nSPS) is 10.9. The number of nitrogens with zero attached hydrogens (tertiary/aromatic N) is 1. The van der Waals surface area contributed by atoms with E-state index in [1.165, 1.54) is 22.1 Å². The Balaban J connectivity index is 2.04. The van der Waals surface area contributed by atoms with Gasteiger partial charge in [0.1, 0.15) is 16.1 Å². The third-order valence-corrected chi connectivity index (χ3v) is 7.00. The summed E-state index contributed by atoms with van der Waals surface area (Å²) in [6.07, 6.45) is 1.30. The molecule has 0 radical (unpaired) electrons. The van der Waals surface area contributed by atoms with Crippen molar-refractivity contribution < 1.29 is 19.1 Å². The highest BCUT2D eigenvalue weighted by molar-refractivity contribution is 9.08. The van der Waals surface area contributed by atoms with E-state index in [-0.39, 0.29) is 18.1 Å². The zero-order valence-electron chi connectivity index (χ0n) is 18.0. The van der Waals surface area contributed by atoms with Crippen molar-refractivity contribution in [3.8, 4) is 16.2 Å². The smallest absolute Gasteiger partial charge is 0.343 e. The van der Waals surface area contributed by atoms with Crippen molar-refractivity contribution in [1.82, 2.24) is 4.57 Å². The van der Waals surface area contributed by atoms with Gasteiger partial charge in [0, 0.05) is 22.0 Å². The summed E-state index contributed by atoms with van der Waals surface area (Å²) >= 11 is 4.83. The number of hydrogen-bond acceptors (Lipinski definition) is 6. The van der Waals surface area contributed by atoms with Gasteiger partial charge in [0.25, 0.3) is 5.91 Å². The van der Waals surface area contributed by atoms with Gasteiger partial charge in [-0.05, 0) is 54.4 Å². The maximum atomic E-state index is 13.4. The van der Waals surface area contributed by atoms with Gasteiger partial charge in [0.15, 0.2) is 0 Å². The monoisotopic (exact) mass is 525 g/mol. The molecule has 4 aromatic rings. The van der Waals surface area contributed by atoms with Crippen LogP contribution in [-0.4, -0.2) is 30.2 Å². The molecule has 0 aliphatic heterocycles. The van der Waals surface area contributed by atoms with Gasteiger partial charge in [0.2, 0.25) is 5.43 Å². The molecule has 0 saturated carbocycles. The average Bonchev–Trinajstić information content (AvgIpc) is 3.25. The van der Waals surface area contributed by atoms with E-state index in [1.54, 1.807) is 38.3 Å². The van der Waals surface area contributed by atoms with E-state index in [1.807, 2.05) is 30.3 Å². The number of ether oxygens (including phenoxy) is 2. The van der Waals surface area contributed by atoms with Crippen LogP contribution in [0.1, 0.15) is 33.2 Å². The number of methoxy groups -OCH3 is 1. The fourth-order valence-electron chi connectivity index (χ4n) is 3.56. The molecule has 0 N–H and O–H groups in total. The topological polar surface area (TPSA) is 74.6 Å². The summed E-state index contributed by atoms with van der Waals surface area (Å²) in [6, 6.07) is 16.2. The van der Waals surface area contributed by atoms with Gasteiger partial charge in [-0.15, -0.1) is 11.3 Å². The van der Waals surface area contributed by atoms with Crippen molar-refractivity contribution in [2.24, 2.45) is 0 Å². The Morgan fingerprint density at radius 2 is 1.76 bits per heavy atom. The standard InChI is InChI=1S/C25H20BrNO5S/c1-3-32-25(30)19-14-27(23(29)16-7-5-4-6-8-16)24-20(21(19)28)18(13-26)22(33-24)15-9-11-17(31-2)12-10-15/h4-12,14H,3,13H2,1-2H3. The van der Waals surface area contributed by atoms with E-state index < -0.39 is 11.4 Å². The fraction of sp³-hybridized carbons (Fsp3) is 0.160. The van der Waals surface area contributed by atoms with Crippen LogP contribution in [0.3, 0.4) is 0 Å². The number of carbonyl (C=O) groups excluding carboxylic acids is 2. The Kier molecular flexibility index (Phi) is 6.76. The number of carbonyl (C=O) groups is 2. The van der Waals surface area contributed by atoms with Gasteiger partial charge < -0.3 is 9.47 Å². The van der Waals surface area contributed by atoms with E-state index >= 15 is 0 Å². The second kappa shape index (κ2) is 9.72. The molecule has 168 valence electrons. The van der Waals surface area contributed by atoms with Crippen LogP contribution in [0.5, 0.6) is 5.75 Å². The summed E-state index contributed by atoms with van der Waals surface area (Å²) in [5, 5.41) is 0.701. The second-order valence-corrected chi connectivity index (χ2v) is 8.65. The van der Waals surface area contributed by atoms with E-state index in [9.17, 15) is 14.4 Å². The molecule has 2 aromatic carbocycles. The molecule has 6 nitrogen and oxygen atoms in total. The Hall–Kier alpha value is -3.23. The highest BCUT2D eigenvalue weighted by Gasteiger charge is 2.25. The lowest BCUT2D eigenvalue weighted by Gasteiger charge is -2.10. The number of esters is 1. The number of pyridine rings is 1. The van der Waals surface area contributed by atoms with E-state index in [0.29, 0.717) is 32.4 Å². The Labute approximate surface area is 202 Å². The maximum Gasteiger partial charge on any atom is 0.343 e. The minimum Gasteiger partial charge on any atom is -0.497 e.